The number of carbonyl (C=O) groups excluding carboxylic acids is 2. The van der Waals surface area contributed by atoms with Gasteiger partial charge in [0.1, 0.15) is 0 Å². The van der Waals surface area contributed by atoms with Crippen LogP contribution in [-0.4, -0.2) is 21.8 Å². The lowest BCUT2D eigenvalue weighted by Crippen LogP contribution is -2.26. The van der Waals surface area contributed by atoms with Crippen molar-refractivity contribution < 1.29 is 9.59 Å². The van der Waals surface area contributed by atoms with Gasteiger partial charge in [-0.1, -0.05) is 6.07 Å². The summed E-state index contributed by atoms with van der Waals surface area (Å²) in [5.74, 6) is -0.239. The van der Waals surface area contributed by atoms with Gasteiger partial charge in [-0.3, -0.25) is 9.59 Å². The van der Waals surface area contributed by atoms with Gasteiger partial charge in [0.25, 0.3) is 5.91 Å². The van der Waals surface area contributed by atoms with Crippen LogP contribution in [0.5, 0.6) is 0 Å². The van der Waals surface area contributed by atoms with Gasteiger partial charge in [0, 0.05) is 16.9 Å². The molecule has 0 saturated heterocycles. The molecule has 2 aromatic rings. The Morgan fingerprint density at radius 1 is 1.36 bits per heavy atom. The van der Waals surface area contributed by atoms with E-state index >= 15 is 0 Å². The number of aryl methyl sites for hydroxylation is 1. The van der Waals surface area contributed by atoms with Crippen LogP contribution in [0.4, 0.5) is 5.69 Å². The molecular formula is C16H18N4O2. The molecule has 1 aliphatic rings. The summed E-state index contributed by atoms with van der Waals surface area (Å²) in [4.78, 5) is 31.3. The number of amides is 2. The molecule has 6 nitrogen and oxygen atoms in total. The van der Waals surface area contributed by atoms with E-state index in [2.05, 4.69) is 20.6 Å². The molecule has 3 N–H and O–H groups in total. The number of benzene rings is 1. The molecule has 1 aliphatic heterocycles. The van der Waals surface area contributed by atoms with Crippen LogP contribution in [0.25, 0.3) is 0 Å². The number of imidazole rings is 1. The Morgan fingerprint density at radius 2 is 2.14 bits per heavy atom. The summed E-state index contributed by atoms with van der Waals surface area (Å²) in [6, 6.07) is 5.30. The zero-order valence-electron chi connectivity index (χ0n) is 12.8. The van der Waals surface area contributed by atoms with Gasteiger partial charge in [-0.25, -0.2) is 4.98 Å². The van der Waals surface area contributed by atoms with E-state index in [1.54, 1.807) is 18.5 Å². The number of rotatable bonds is 3. The molecule has 0 aliphatic carbocycles. The molecule has 6 heteroatoms. The first kappa shape index (κ1) is 14.3. The van der Waals surface area contributed by atoms with Crippen LogP contribution in [0.3, 0.4) is 0 Å². The summed E-state index contributed by atoms with van der Waals surface area (Å²) in [6.07, 6.45) is 1.60. The van der Waals surface area contributed by atoms with Crippen LogP contribution >= 0.6 is 0 Å². The molecule has 0 radical (unpaired) electrons. The largest absolute Gasteiger partial charge is 0.348 e. The van der Waals surface area contributed by atoms with Crippen LogP contribution in [-0.2, 0) is 16.8 Å². The topological polar surface area (TPSA) is 86.9 Å². The minimum Gasteiger partial charge on any atom is -0.348 e. The number of aromatic nitrogens is 2. The van der Waals surface area contributed by atoms with E-state index in [4.69, 9.17) is 0 Å². The number of aromatic amines is 1. The number of anilines is 1. The molecule has 0 bridgehead atoms. The molecule has 0 atom stereocenters. The van der Waals surface area contributed by atoms with Gasteiger partial charge in [-0.05, 0) is 38.5 Å². The summed E-state index contributed by atoms with van der Waals surface area (Å²) in [6.45, 7) is 6.01. The van der Waals surface area contributed by atoms with Crippen molar-refractivity contribution in [2.24, 2.45) is 0 Å². The van der Waals surface area contributed by atoms with E-state index in [1.165, 1.54) is 0 Å². The summed E-state index contributed by atoms with van der Waals surface area (Å²) >= 11 is 0. The highest BCUT2D eigenvalue weighted by molar-refractivity contribution is 6.07. The maximum atomic E-state index is 12.2. The lowest BCUT2D eigenvalue weighted by Gasteiger charge is -2.14. The zero-order valence-corrected chi connectivity index (χ0v) is 12.8. The average molecular weight is 298 g/mol. The second-order valence-corrected chi connectivity index (χ2v) is 6.00. The van der Waals surface area contributed by atoms with Gasteiger partial charge < -0.3 is 15.6 Å². The normalized spacial score (nSPS) is 15.3. The molecule has 2 heterocycles. The van der Waals surface area contributed by atoms with Crippen molar-refractivity contribution in [2.45, 2.75) is 32.7 Å². The molecule has 0 fully saturated rings. The molecule has 3 rings (SSSR count). The van der Waals surface area contributed by atoms with Gasteiger partial charge in [0.05, 0.1) is 24.0 Å². The molecule has 0 unspecified atom stereocenters. The van der Waals surface area contributed by atoms with E-state index in [0.29, 0.717) is 17.8 Å². The van der Waals surface area contributed by atoms with Crippen molar-refractivity contribution in [3.63, 3.8) is 0 Å². The van der Waals surface area contributed by atoms with Crippen molar-refractivity contribution in [1.29, 1.82) is 0 Å². The van der Waals surface area contributed by atoms with E-state index in [0.717, 1.165) is 17.0 Å². The van der Waals surface area contributed by atoms with E-state index in [-0.39, 0.29) is 11.8 Å². The lowest BCUT2D eigenvalue weighted by molar-refractivity contribution is -0.119. The Bertz CT molecular complexity index is 761. The van der Waals surface area contributed by atoms with Crippen molar-refractivity contribution in [3.8, 4) is 0 Å². The summed E-state index contributed by atoms with van der Waals surface area (Å²) < 4.78 is 0. The molecule has 2 amide bonds. The minimum absolute atomic E-state index is 0.0489. The Morgan fingerprint density at radius 3 is 2.82 bits per heavy atom. The maximum Gasteiger partial charge on any atom is 0.251 e. The summed E-state index contributed by atoms with van der Waals surface area (Å²) in [7, 11) is 0. The number of hydrogen-bond donors (Lipinski definition) is 3. The van der Waals surface area contributed by atoms with Gasteiger partial charge in [0.15, 0.2) is 0 Å². The number of hydrogen-bond acceptors (Lipinski definition) is 3. The fourth-order valence-corrected chi connectivity index (χ4v) is 2.57. The monoisotopic (exact) mass is 298 g/mol. The minimum atomic E-state index is -0.559. The van der Waals surface area contributed by atoms with Crippen molar-refractivity contribution >= 4 is 17.5 Å². The van der Waals surface area contributed by atoms with Crippen LogP contribution in [0, 0.1) is 6.92 Å². The van der Waals surface area contributed by atoms with Crippen LogP contribution in [0.2, 0.25) is 0 Å². The first-order chi connectivity index (χ1) is 10.4. The zero-order chi connectivity index (χ0) is 15.9. The Kier molecular flexibility index (Phi) is 3.24. The van der Waals surface area contributed by atoms with E-state index < -0.39 is 5.41 Å². The number of nitrogens with one attached hydrogen (secondary N) is 3. The highest BCUT2D eigenvalue weighted by Gasteiger charge is 2.38. The summed E-state index contributed by atoms with van der Waals surface area (Å²) in [5.41, 5.74) is 3.32. The fraction of sp³-hybridized carbons (Fsp3) is 0.312. The molecule has 0 saturated carbocycles. The summed E-state index contributed by atoms with van der Waals surface area (Å²) in [5, 5.41) is 5.66. The average Bonchev–Trinajstić information content (AvgIpc) is 2.98. The van der Waals surface area contributed by atoms with Crippen molar-refractivity contribution in [2.75, 3.05) is 5.32 Å². The third kappa shape index (κ3) is 2.26. The molecule has 1 aromatic carbocycles. The second kappa shape index (κ2) is 4.98. The number of fused-ring (bicyclic) bond motifs is 1. The fourth-order valence-electron chi connectivity index (χ4n) is 2.57. The van der Waals surface area contributed by atoms with Crippen LogP contribution < -0.4 is 10.6 Å². The molecule has 114 valence electrons. The van der Waals surface area contributed by atoms with Crippen molar-refractivity contribution in [3.05, 3.63) is 47.0 Å². The smallest absolute Gasteiger partial charge is 0.251 e. The van der Waals surface area contributed by atoms with Gasteiger partial charge in [-0.2, -0.15) is 0 Å². The Balaban J connectivity index is 1.76. The number of H-pyrrole nitrogens is 1. The molecule has 22 heavy (non-hydrogen) atoms. The molecular weight excluding hydrogens is 280 g/mol. The van der Waals surface area contributed by atoms with Gasteiger partial charge >= 0.3 is 0 Å². The second-order valence-electron chi connectivity index (χ2n) is 6.00. The van der Waals surface area contributed by atoms with Crippen LogP contribution in [0.1, 0.15) is 41.2 Å². The Hall–Kier alpha value is -2.63. The lowest BCUT2D eigenvalue weighted by atomic mass is 9.86. The standard InChI is InChI=1S/C16H18N4O2/c1-9-13(19-8-18-9)7-17-14(21)10-4-5-11-12(6-10)20-15(22)16(11,2)3/h4-6,8H,7H2,1-3H3,(H,17,21)(H,18,19)(H,20,22). The number of carbonyl (C=O) groups is 2. The predicted octanol–water partition coefficient (Wildman–Crippen LogP) is 1.88. The number of nitrogens with zero attached hydrogens (tertiary/aromatic N) is 1. The molecule has 1 aromatic heterocycles. The maximum absolute atomic E-state index is 12.2. The first-order valence-electron chi connectivity index (χ1n) is 7.12. The predicted molar refractivity (Wildman–Crippen MR) is 82.6 cm³/mol. The quantitative estimate of drug-likeness (QED) is 0.808. The Labute approximate surface area is 128 Å². The molecule has 0 spiro atoms. The highest BCUT2D eigenvalue weighted by Crippen LogP contribution is 2.37. The third-order valence-electron chi connectivity index (χ3n) is 4.12. The van der Waals surface area contributed by atoms with E-state index in [9.17, 15) is 9.59 Å². The van der Waals surface area contributed by atoms with Gasteiger partial charge in [0.2, 0.25) is 5.91 Å². The van der Waals surface area contributed by atoms with Crippen molar-refractivity contribution in [1.82, 2.24) is 15.3 Å². The van der Waals surface area contributed by atoms with Gasteiger partial charge in [-0.15, -0.1) is 0 Å². The van der Waals surface area contributed by atoms with E-state index in [1.807, 2.05) is 26.8 Å². The van der Waals surface area contributed by atoms with Crippen LogP contribution in [0.15, 0.2) is 24.5 Å². The SMILES string of the molecule is Cc1[nH]cnc1CNC(=O)c1ccc2c(c1)NC(=O)C2(C)C. The first-order valence-corrected chi connectivity index (χ1v) is 7.12. The highest BCUT2D eigenvalue weighted by atomic mass is 16.2. The third-order valence-corrected chi connectivity index (χ3v) is 4.12.